The van der Waals surface area contributed by atoms with Crippen LogP contribution in [0.25, 0.3) is 0 Å². The molecule has 1 aliphatic heterocycles. The van der Waals surface area contributed by atoms with Crippen LogP contribution >= 0.6 is 0 Å². The second kappa shape index (κ2) is 4.42. The lowest BCUT2D eigenvalue weighted by Crippen LogP contribution is -2.40. The molecule has 2 bridgehead atoms. The van der Waals surface area contributed by atoms with Crippen LogP contribution in [-0.2, 0) is 6.54 Å². The predicted molar refractivity (Wildman–Crippen MR) is 67.1 cm³/mol. The Kier molecular flexibility index (Phi) is 2.79. The maximum absolute atomic E-state index is 2.62. The molecule has 1 heteroatoms. The second-order valence-electron chi connectivity index (χ2n) is 5.21. The van der Waals surface area contributed by atoms with Crippen LogP contribution in [0.5, 0.6) is 0 Å². The summed E-state index contributed by atoms with van der Waals surface area (Å²) < 4.78 is 0. The number of benzene rings is 1. The molecule has 1 fully saturated rings. The van der Waals surface area contributed by atoms with E-state index in [0.717, 1.165) is 18.4 Å². The summed E-state index contributed by atoms with van der Waals surface area (Å²) in [6.07, 6.45) is 7.52. The van der Waals surface area contributed by atoms with E-state index in [4.69, 9.17) is 0 Å². The molecule has 0 radical (unpaired) electrons. The van der Waals surface area contributed by atoms with Gasteiger partial charge in [0.15, 0.2) is 0 Å². The van der Waals surface area contributed by atoms with Crippen molar-refractivity contribution in [3.63, 3.8) is 0 Å². The quantitative estimate of drug-likeness (QED) is 0.682. The zero-order valence-electron chi connectivity index (χ0n) is 9.68. The van der Waals surface area contributed by atoms with E-state index < -0.39 is 0 Å². The predicted octanol–water partition coefficient (Wildman–Crippen LogP) is 3.08. The van der Waals surface area contributed by atoms with Crippen molar-refractivity contribution in [3.05, 3.63) is 48.0 Å². The summed E-state index contributed by atoms with van der Waals surface area (Å²) in [5.41, 5.74) is 1.45. The smallest absolute Gasteiger partial charge is 0.0234 e. The third kappa shape index (κ3) is 2.19. The second-order valence-corrected chi connectivity index (χ2v) is 5.21. The van der Waals surface area contributed by atoms with Gasteiger partial charge in [-0.1, -0.05) is 42.5 Å². The first-order valence-electron chi connectivity index (χ1n) is 6.33. The van der Waals surface area contributed by atoms with Crippen molar-refractivity contribution < 1.29 is 0 Å². The van der Waals surface area contributed by atoms with Gasteiger partial charge in [0, 0.05) is 19.6 Å². The molecule has 1 saturated heterocycles. The molecule has 0 aromatic heterocycles. The zero-order chi connectivity index (χ0) is 10.8. The highest BCUT2D eigenvalue weighted by Crippen LogP contribution is 2.30. The highest BCUT2D eigenvalue weighted by Gasteiger charge is 2.27. The van der Waals surface area contributed by atoms with Crippen molar-refractivity contribution in [2.75, 3.05) is 13.1 Å². The maximum atomic E-state index is 2.62. The van der Waals surface area contributed by atoms with Crippen LogP contribution in [0.3, 0.4) is 0 Å². The molecule has 1 aromatic carbocycles. The summed E-state index contributed by atoms with van der Waals surface area (Å²) >= 11 is 0. The molecule has 0 amide bonds. The molecule has 1 aliphatic carbocycles. The minimum absolute atomic E-state index is 0.816. The number of nitrogens with zero attached hydrogens (tertiary/aromatic N) is 1. The van der Waals surface area contributed by atoms with E-state index in [2.05, 4.69) is 47.4 Å². The van der Waals surface area contributed by atoms with Crippen LogP contribution in [0.15, 0.2) is 42.5 Å². The van der Waals surface area contributed by atoms with Gasteiger partial charge in [-0.3, -0.25) is 4.90 Å². The molecule has 84 valence electrons. The minimum atomic E-state index is 0.816. The summed E-state index contributed by atoms with van der Waals surface area (Å²) in [6, 6.07) is 10.8. The summed E-state index contributed by atoms with van der Waals surface area (Å²) in [5, 5.41) is 0. The van der Waals surface area contributed by atoms with Crippen LogP contribution in [0.4, 0.5) is 0 Å². The van der Waals surface area contributed by atoms with Crippen molar-refractivity contribution in [1.29, 1.82) is 0 Å². The van der Waals surface area contributed by atoms with Crippen molar-refractivity contribution in [2.24, 2.45) is 11.8 Å². The first-order valence-corrected chi connectivity index (χ1v) is 6.33. The van der Waals surface area contributed by atoms with Crippen molar-refractivity contribution in [1.82, 2.24) is 4.90 Å². The third-order valence-corrected chi connectivity index (χ3v) is 3.77. The first kappa shape index (κ1) is 10.1. The van der Waals surface area contributed by atoms with Gasteiger partial charge >= 0.3 is 0 Å². The van der Waals surface area contributed by atoms with Gasteiger partial charge in [0.2, 0.25) is 0 Å². The van der Waals surface area contributed by atoms with Crippen molar-refractivity contribution in [3.8, 4) is 0 Å². The van der Waals surface area contributed by atoms with Crippen molar-refractivity contribution in [2.45, 2.75) is 19.4 Å². The highest BCUT2D eigenvalue weighted by atomic mass is 15.1. The number of fused-ring (bicyclic) bond motifs is 2. The largest absolute Gasteiger partial charge is 0.298 e. The molecule has 1 aromatic rings. The van der Waals surface area contributed by atoms with Crippen LogP contribution in [0, 0.1) is 11.8 Å². The SMILES string of the molecule is C1=CC2CC(C1)CN(Cc1ccccc1)C2. The molecule has 2 aliphatic rings. The van der Waals surface area contributed by atoms with Crippen LogP contribution in [-0.4, -0.2) is 18.0 Å². The topological polar surface area (TPSA) is 3.24 Å². The highest BCUT2D eigenvalue weighted by molar-refractivity contribution is 5.15. The van der Waals surface area contributed by atoms with Crippen LogP contribution in [0.2, 0.25) is 0 Å². The zero-order valence-corrected chi connectivity index (χ0v) is 9.68. The average molecular weight is 213 g/mol. The normalized spacial score (nSPS) is 29.2. The molecule has 2 unspecified atom stereocenters. The Morgan fingerprint density at radius 2 is 2.00 bits per heavy atom. The van der Waals surface area contributed by atoms with Gasteiger partial charge in [0.25, 0.3) is 0 Å². The lowest BCUT2D eigenvalue weighted by atomic mass is 9.82. The molecule has 1 nitrogen and oxygen atoms in total. The van der Waals surface area contributed by atoms with E-state index in [1.54, 1.807) is 0 Å². The number of likely N-dealkylation sites (tertiary alicyclic amines) is 1. The van der Waals surface area contributed by atoms with E-state index in [1.807, 2.05) is 0 Å². The Labute approximate surface area is 97.8 Å². The fourth-order valence-electron chi connectivity index (χ4n) is 3.09. The molecule has 0 saturated carbocycles. The molecule has 0 spiro atoms. The standard InChI is InChI=1S/C15H19N/c1-2-5-13(6-3-1)10-16-11-14-7-4-8-15(9-14)12-16/h1-7,14-15H,8-12H2. The molecular formula is C15H19N. The van der Waals surface area contributed by atoms with Crippen molar-refractivity contribution >= 4 is 0 Å². The summed E-state index contributed by atoms with van der Waals surface area (Å²) in [7, 11) is 0. The summed E-state index contributed by atoms with van der Waals surface area (Å²) in [4.78, 5) is 2.62. The van der Waals surface area contributed by atoms with E-state index in [9.17, 15) is 0 Å². The van der Waals surface area contributed by atoms with Gasteiger partial charge in [-0.15, -0.1) is 0 Å². The van der Waals surface area contributed by atoms with Crippen LogP contribution < -0.4 is 0 Å². The minimum Gasteiger partial charge on any atom is -0.298 e. The van der Waals surface area contributed by atoms with Gasteiger partial charge in [-0.25, -0.2) is 0 Å². The number of rotatable bonds is 2. The van der Waals surface area contributed by atoms with Gasteiger partial charge in [-0.05, 0) is 30.2 Å². The van der Waals surface area contributed by atoms with Crippen LogP contribution in [0.1, 0.15) is 18.4 Å². The number of piperidine rings is 1. The van der Waals surface area contributed by atoms with E-state index in [0.29, 0.717) is 0 Å². The molecule has 1 heterocycles. The Bertz CT molecular complexity index is 368. The van der Waals surface area contributed by atoms with E-state index in [1.165, 1.54) is 31.5 Å². The van der Waals surface area contributed by atoms with Gasteiger partial charge < -0.3 is 0 Å². The van der Waals surface area contributed by atoms with E-state index >= 15 is 0 Å². The Morgan fingerprint density at radius 3 is 2.81 bits per heavy atom. The lowest BCUT2D eigenvalue weighted by molar-refractivity contribution is 0.131. The number of hydrogen-bond acceptors (Lipinski definition) is 1. The number of allylic oxidation sites excluding steroid dienone is 1. The number of hydrogen-bond donors (Lipinski definition) is 0. The average Bonchev–Trinajstić information content (AvgIpc) is 2.30. The van der Waals surface area contributed by atoms with Gasteiger partial charge in [-0.2, -0.15) is 0 Å². The van der Waals surface area contributed by atoms with E-state index in [-0.39, 0.29) is 0 Å². The Hall–Kier alpha value is -1.08. The molecule has 3 rings (SSSR count). The summed E-state index contributed by atoms with van der Waals surface area (Å²) in [5.74, 6) is 1.73. The molecular weight excluding hydrogens is 194 g/mol. The molecule has 0 N–H and O–H groups in total. The summed E-state index contributed by atoms with van der Waals surface area (Å²) in [6.45, 7) is 3.67. The monoisotopic (exact) mass is 213 g/mol. The Morgan fingerprint density at radius 1 is 1.12 bits per heavy atom. The third-order valence-electron chi connectivity index (χ3n) is 3.77. The van der Waals surface area contributed by atoms with Gasteiger partial charge in [0.1, 0.15) is 0 Å². The molecule has 16 heavy (non-hydrogen) atoms. The first-order chi connectivity index (χ1) is 7.90. The lowest BCUT2D eigenvalue weighted by Gasteiger charge is -2.38. The maximum Gasteiger partial charge on any atom is 0.0234 e. The Balaban J connectivity index is 1.66. The molecule has 2 atom stereocenters. The fraction of sp³-hybridized carbons (Fsp3) is 0.467. The fourth-order valence-corrected chi connectivity index (χ4v) is 3.09. The van der Waals surface area contributed by atoms with Gasteiger partial charge in [0.05, 0.1) is 0 Å².